The Morgan fingerprint density at radius 3 is 2.89 bits per heavy atom. The number of carboxylic acid groups (broad SMARTS) is 1. The Labute approximate surface area is 110 Å². The van der Waals surface area contributed by atoms with E-state index in [1.807, 2.05) is 13.8 Å². The Morgan fingerprint density at radius 2 is 2.32 bits per heavy atom. The van der Waals surface area contributed by atoms with Crippen LogP contribution in [0.3, 0.4) is 0 Å². The number of nitrogens with one attached hydrogen (secondary N) is 1. The van der Waals surface area contributed by atoms with Gasteiger partial charge in [0.1, 0.15) is 18.1 Å². The summed E-state index contributed by atoms with van der Waals surface area (Å²) in [7, 11) is 0. The molecule has 0 aliphatic heterocycles. The van der Waals surface area contributed by atoms with Gasteiger partial charge in [-0.05, 0) is 18.1 Å². The molecular formula is C12H15N3O4. The lowest BCUT2D eigenvalue weighted by molar-refractivity contribution is -0.129. The van der Waals surface area contributed by atoms with Crippen molar-refractivity contribution in [2.24, 2.45) is 11.1 Å². The Kier molecular flexibility index (Phi) is 5.46. The zero-order chi connectivity index (χ0) is 14.3. The van der Waals surface area contributed by atoms with Gasteiger partial charge in [-0.25, -0.2) is 9.78 Å². The van der Waals surface area contributed by atoms with E-state index >= 15 is 0 Å². The number of nitrogens with zero attached hydrogens (tertiary/aromatic N) is 2. The minimum Gasteiger partial charge on any atom is -0.476 e. The van der Waals surface area contributed by atoms with Gasteiger partial charge in [0.05, 0.1) is 0 Å². The van der Waals surface area contributed by atoms with Crippen molar-refractivity contribution in [3.05, 3.63) is 23.9 Å². The van der Waals surface area contributed by atoms with Crippen molar-refractivity contribution < 1.29 is 19.5 Å². The third kappa shape index (κ3) is 4.74. The van der Waals surface area contributed by atoms with Gasteiger partial charge in [0, 0.05) is 0 Å². The first-order valence-corrected chi connectivity index (χ1v) is 5.65. The number of pyridine rings is 1. The van der Waals surface area contributed by atoms with E-state index in [1.165, 1.54) is 12.1 Å². The summed E-state index contributed by atoms with van der Waals surface area (Å²) >= 11 is 0. The van der Waals surface area contributed by atoms with Crippen molar-refractivity contribution in [3.63, 3.8) is 0 Å². The summed E-state index contributed by atoms with van der Waals surface area (Å²) in [5, 5.41) is 15.0. The second-order valence-corrected chi connectivity index (χ2v) is 4.10. The zero-order valence-electron chi connectivity index (χ0n) is 10.7. The molecule has 7 nitrogen and oxygen atoms in total. The molecule has 0 unspecified atom stereocenters. The van der Waals surface area contributed by atoms with Crippen LogP contribution >= 0.6 is 0 Å². The van der Waals surface area contributed by atoms with Gasteiger partial charge in [0.15, 0.2) is 0 Å². The standard InChI is InChI=1S/C12H15N3O4/c1-8(2)6-19-15-11(12(17)18)9-4-3-5-10(14-9)13-7-16/h3-5,7-8H,6H2,1-2H3,(H,17,18)(H,13,14,16). The number of carbonyl (C=O) groups excluding carboxylic acids is 1. The molecule has 0 radical (unpaired) electrons. The fourth-order valence-electron chi connectivity index (χ4n) is 1.15. The van der Waals surface area contributed by atoms with Gasteiger partial charge in [-0.2, -0.15) is 0 Å². The van der Waals surface area contributed by atoms with E-state index in [9.17, 15) is 9.59 Å². The van der Waals surface area contributed by atoms with Crippen molar-refractivity contribution in [2.75, 3.05) is 11.9 Å². The van der Waals surface area contributed by atoms with Crippen LogP contribution in [-0.2, 0) is 14.4 Å². The monoisotopic (exact) mass is 265 g/mol. The molecule has 0 spiro atoms. The van der Waals surface area contributed by atoms with E-state index in [0.717, 1.165) is 0 Å². The van der Waals surface area contributed by atoms with Crippen molar-refractivity contribution in [3.8, 4) is 0 Å². The summed E-state index contributed by atoms with van der Waals surface area (Å²) in [6, 6.07) is 4.57. The quantitative estimate of drug-likeness (QED) is 0.437. The molecule has 0 bridgehead atoms. The predicted molar refractivity (Wildman–Crippen MR) is 68.9 cm³/mol. The molecule has 102 valence electrons. The highest BCUT2D eigenvalue weighted by Gasteiger charge is 2.15. The number of rotatable bonds is 7. The number of oxime groups is 1. The van der Waals surface area contributed by atoms with Crippen molar-refractivity contribution in [1.29, 1.82) is 0 Å². The van der Waals surface area contributed by atoms with Crippen LogP contribution in [0.4, 0.5) is 5.82 Å². The van der Waals surface area contributed by atoms with Crippen LogP contribution in [0.15, 0.2) is 23.4 Å². The predicted octanol–water partition coefficient (Wildman–Crippen LogP) is 1.11. The molecule has 1 aromatic heterocycles. The lowest BCUT2D eigenvalue weighted by Gasteiger charge is -2.05. The van der Waals surface area contributed by atoms with Gasteiger partial charge < -0.3 is 15.3 Å². The second-order valence-electron chi connectivity index (χ2n) is 4.10. The number of hydrogen-bond donors (Lipinski definition) is 2. The average Bonchev–Trinajstić information content (AvgIpc) is 2.34. The maximum atomic E-state index is 11.1. The largest absolute Gasteiger partial charge is 0.476 e. The van der Waals surface area contributed by atoms with E-state index in [1.54, 1.807) is 6.07 Å². The molecule has 1 aromatic rings. The van der Waals surface area contributed by atoms with Crippen LogP contribution in [0.5, 0.6) is 0 Å². The van der Waals surface area contributed by atoms with Gasteiger partial charge >= 0.3 is 5.97 Å². The van der Waals surface area contributed by atoms with Crippen LogP contribution in [-0.4, -0.2) is 34.8 Å². The smallest absolute Gasteiger partial charge is 0.360 e. The van der Waals surface area contributed by atoms with Crippen molar-refractivity contribution in [1.82, 2.24) is 4.98 Å². The molecule has 1 rings (SSSR count). The fraction of sp³-hybridized carbons (Fsp3) is 0.333. The summed E-state index contributed by atoms with van der Waals surface area (Å²) in [5.74, 6) is -0.778. The minimum absolute atomic E-state index is 0.114. The number of hydrogen-bond acceptors (Lipinski definition) is 5. The number of anilines is 1. The van der Waals surface area contributed by atoms with Gasteiger partial charge in [0.2, 0.25) is 12.1 Å². The number of aliphatic carboxylic acids is 1. The first-order chi connectivity index (χ1) is 9.04. The van der Waals surface area contributed by atoms with E-state index in [-0.39, 0.29) is 23.1 Å². The third-order valence-corrected chi connectivity index (χ3v) is 1.96. The van der Waals surface area contributed by atoms with Gasteiger partial charge in [-0.15, -0.1) is 0 Å². The summed E-state index contributed by atoms with van der Waals surface area (Å²) in [6.07, 6.45) is 0.457. The van der Waals surface area contributed by atoms with Crippen LogP contribution in [0, 0.1) is 5.92 Å². The molecule has 2 N–H and O–H groups in total. The lowest BCUT2D eigenvalue weighted by Crippen LogP contribution is -2.17. The van der Waals surface area contributed by atoms with E-state index in [2.05, 4.69) is 15.5 Å². The van der Waals surface area contributed by atoms with Gasteiger partial charge in [-0.1, -0.05) is 25.1 Å². The van der Waals surface area contributed by atoms with Crippen molar-refractivity contribution in [2.45, 2.75) is 13.8 Å². The van der Waals surface area contributed by atoms with Crippen LogP contribution in [0.2, 0.25) is 0 Å². The first kappa shape index (κ1) is 14.6. The van der Waals surface area contributed by atoms with E-state index < -0.39 is 5.97 Å². The molecule has 0 saturated carbocycles. The molecule has 0 aliphatic rings. The SMILES string of the molecule is CC(C)CON=C(C(=O)O)c1cccc(NC=O)n1. The minimum atomic E-state index is -1.25. The summed E-state index contributed by atoms with van der Waals surface area (Å²) in [5.41, 5.74) is -0.196. The highest BCUT2D eigenvalue weighted by molar-refractivity contribution is 6.41. The Hall–Kier alpha value is -2.44. The average molecular weight is 265 g/mol. The van der Waals surface area contributed by atoms with Crippen LogP contribution in [0.25, 0.3) is 0 Å². The molecule has 0 aliphatic carbocycles. The van der Waals surface area contributed by atoms with Crippen LogP contribution in [0.1, 0.15) is 19.5 Å². The highest BCUT2D eigenvalue weighted by Crippen LogP contribution is 2.06. The maximum absolute atomic E-state index is 11.1. The number of carbonyl (C=O) groups is 2. The zero-order valence-corrected chi connectivity index (χ0v) is 10.7. The summed E-state index contributed by atoms with van der Waals surface area (Å²) < 4.78 is 0. The molecule has 0 atom stereocenters. The number of carboxylic acids is 1. The van der Waals surface area contributed by atoms with Gasteiger partial charge in [-0.3, -0.25) is 4.79 Å². The molecule has 1 heterocycles. The maximum Gasteiger partial charge on any atom is 0.360 e. The topological polar surface area (TPSA) is 101 Å². The molecular weight excluding hydrogens is 250 g/mol. The van der Waals surface area contributed by atoms with Gasteiger partial charge in [0.25, 0.3) is 0 Å². The summed E-state index contributed by atoms with van der Waals surface area (Å²) in [4.78, 5) is 30.3. The molecule has 7 heteroatoms. The Morgan fingerprint density at radius 1 is 1.58 bits per heavy atom. The third-order valence-electron chi connectivity index (χ3n) is 1.96. The molecule has 0 saturated heterocycles. The fourth-order valence-corrected chi connectivity index (χ4v) is 1.15. The van der Waals surface area contributed by atoms with E-state index in [0.29, 0.717) is 13.0 Å². The highest BCUT2D eigenvalue weighted by atomic mass is 16.6. The second kappa shape index (κ2) is 7.10. The molecule has 0 fully saturated rings. The van der Waals surface area contributed by atoms with E-state index in [4.69, 9.17) is 9.94 Å². The number of aromatic nitrogens is 1. The summed E-state index contributed by atoms with van der Waals surface area (Å²) in [6.45, 7) is 4.15. The Balaban J connectivity index is 2.95. The van der Waals surface area contributed by atoms with Crippen molar-refractivity contribution >= 4 is 23.9 Å². The molecule has 1 amide bonds. The number of amides is 1. The Bertz CT molecular complexity index is 486. The molecule has 19 heavy (non-hydrogen) atoms. The first-order valence-electron chi connectivity index (χ1n) is 5.65. The van der Waals surface area contributed by atoms with Crippen LogP contribution < -0.4 is 5.32 Å². The lowest BCUT2D eigenvalue weighted by atomic mass is 10.2. The molecule has 0 aromatic carbocycles. The normalized spacial score (nSPS) is 11.2.